The summed E-state index contributed by atoms with van der Waals surface area (Å²) in [6.07, 6.45) is -0.767. The van der Waals surface area contributed by atoms with Gasteiger partial charge in [-0.1, -0.05) is 0 Å². The molecule has 1 unspecified atom stereocenters. The molecule has 3 amide bonds. The molecule has 98 valence electrons. The number of ether oxygens (including phenoxy) is 1. The fourth-order valence-corrected chi connectivity index (χ4v) is 1.22. The number of anilines is 1. The fourth-order valence-electron chi connectivity index (χ4n) is 1.22. The molecule has 18 heavy (non-hydrogen) atoms. The van der Waals surface area contributed by atoms with Gasteiger partial charge in [0.2, 0.25) is 0 Å². The molecule has 6 nitrogen and oxygen atoms in total. The zero-order valence-electron chi connectivity index (χ0n) is 10.4. The molecule has 1 aromatic rings. The summed E-state index contributed by atoms with van der Waals surface area (Å²) in [5.41, 5.74) is 6.14. The van der Waals surface area contributed by atoms with Gasteiger partial charge in [0.25, 0.3) is 5.91 Å². The lowest BCUT2D eigenvalue weighted by Crippen LogP contribution is -2.45. The van der Waals surface area contributed by atoms with Crippen molar-refractivity contribution in [3.63, 3.8) is 0 Å². The maximum absolute atomic E-state index is 11.6. The Hall–Kier alpha value is -2.24. The van der Waals surface area contributed by atoms with Crippen LogP contribution in [0.4, 0.5) is 10.5 Å². The first-order chi connectivity index (χ1) is 8.52. The molecule has 0 fully saturated rings. The highest BCUT2D eigenvalue weighted by atomic mass is 16.5. The number of amides is 3. The molecule has 0 heterocycles. The second-order valence-corrected chi connectivity index (χ2v) is 3.68. The summed E-state index contributed by atoms with van der Waals surface area (Å²) in [4.78, 5) is 22.7. The Bertz CT molecular complexity index is 417. The van der Waals surface area contributed by atoms with Crippen LogP contribution < -0.4 is 21.1 Å². The number of imide groups is 1. The van der Waals surface area contributed by atoms with Crippen molar-refractivity contribution >= 4 is 17.6 Å². The van der Waals surface area contributed by atoms with Gasteiger partial charge in [0.05, 0.1) is 0 Å². The van der Waals surface area contributed by atoms with Crippen LogP contribution in [0.2, 0.25) is 0 Å². The Morgan fingerprint density at radius 2 is 1.94 bits per heavy atom. The smallest absolute Gasteiger partial charge is 0.321 e. The molecule has 1 atom stereocenters. The van der Waals surface area contributed by atoms with Crippen molar-refractivity contribution in [2.45, 2.75) is 20.0 Å². The van der Waals surface area contributed by atoms with Gasteiger partial charge in [0.15, 0.2) is 6.10 Å². The van der Waals surface area contributed by atoms with Gasteiger partial charge >= 0.3 is 6.03 Å². The predicted octanol–water partition coefficient (Wildman–Crippen LogP) is 0.882. The van der Waals surface area contributed by atoms with Crippen molar-refractivity contribution in [3.8, 4) is 5.75 Å². The van der Waals surface area contributed by atoms with Crippen LogP contribution in [-0.4, -0.2) is 24.6 Å². The maximum Gasteiger partial charge on any atom is 0.321 e. The monoisotopic (exact) mass is 251 g/mol. The summed E-state index contributed by atoms with van der Waals surface area (Å²) in [6, 6.07) is 6.12. The number of benzene rings is 1. The minimum atomic E-state index is -0.767. The molecule has 1 aromatic carbocycles. The SMILES string of the molecule is CCNC(=O)NC(=O)C(C)Oc1ccc(N)cc1. The molecule has 0 bridgehead atoms. The van der Waals surface area contributed by atoms with Gasteiger partial charge in [-0.3, -0.25) is 10.1 Å². The standard InChI is InChI=1S/C12H17N3O3/c1-3-14-12(17)15-11(16)8(2)18-10-6-4-9(13)5-7-10/h4-8H,3,13H2,1-2H3,(H2,14,15,16,17). The summed E-state index contributed by atoms with van der Waals surface area (Å²) < 4.78 is 5.36. The van der Waals surface area contributed by atoms with E-state index in [4.69, 9.17) is 10.5 Å². The number of nitrogens with two attached hydrogens (primary N) is 1. The minimum Gasteiger partial charge on any atom is -0.481 e. The third-order valence-corrected chi connectivity index (χ3v) is 2.14. The fraction of sp³-hybridized carbons (Fsp3) is 0.333. The number of nitrogen functional groups attached to an aromatic ring is 1. The quantitative estimate of drug-likeness (QED) is 0.692. The zero-order chi connectivity index (χ0) is 13.5. The van der Waals surface area contributed by atoms with Crippen LogP contribution in [0.3, 0.4) is 0 Å². The highest BCUT2D eigenvalue weighted by Gasteiger charge is 2.16. The topological polar surface area (TPSA) is 93.5 Å². The number of carbonyl (C=O) groups excluding carboxylic acids is 2. The number of carbonyl (C=O) groups is 2. The van der Waals surface area contributed by atoms with Crippen molar-refractivity contribution in [2.24, 2.45) is 0 Å². The van der Waals surface area contributed by atoms with Crippen molar-refractivity contribution in [2.75, 3.05) is 12.3 Å². The van der Waals surface area contributed by atoms with Gasteiger partial charge < -0.3 is 15.8 Å². The van der Waals surface area contributed by atoms with E-state index in [1.54, 1.807) is 38.1 Å². The van der Waals surface area contributed by atoms with E-state index >= 15 is 0 Å². The van der Waals surface area contributed by atoms with E-state index in [1.807, 2.05) is 0 Å². The Balaban J connectivity index is 2.49. The van der Waals surface area contributed by atoms with Gasteiger partial charge in [0, 0.05) is 12.2 Å². The lowest BCUT2D eigenvalue weighted by Gasteiger charge is -2.14. The molecular formula is C12H17N3O3. The van der Waals surface area contributed by atoms with Crippen LogP contribution >= 0.6 is 0 Å². The first-order valence-electron chi connectivity index (χ1n) is 5.63. The molecule has 0 saturated carbocycles. The van der Waals surface area contributed by atoms with E-state index in [0.29, 0.717) is 18.0 Å². The van der Waals surface area contributed by atoms with Gasteiger partial charge in [0.1, 0.15) is 5.75 Å². The van der Waals surface area contributed by atoms with Gasteiger partial charge in [-0.05, 0) is 38.1 Å². The Labute approximate surface area is 105 Å². The van der Waals surface area contributed by atoms with E-state index < -0.39 is 18.0 Å². The largest absolute Gasteiger partial charge is 0.481 e. The van der Waals surface area contributed by atoms with Crippen molar-refractivity contribution in [3.05, 3.63) is 24.3 Å². The summed E-state index contributed by atoms with van der Waals surface area (Å²) in [6.45, 7) is 3.77. The Morgan fingerprint density at radius 1 is 1.33 bits per heavy atom. The van der Waals surface area contributed by atoms with Crippen molar-refractivity contribution in [1.82, 2.24) is 10.6 Å². The molecule has 0 aromatic heterocycles. The molecule has 4 N–H and O–H groups in total. The number of hydrogen-bond acceptors (Lipinski definition) is 4. The van der Waals surface area contributed by atoms with Crippen LogP contribution in [-0.2, 0) is 4.79 Å². The summed E-state index contributed by atoms with van der Waals surface area (Å²) >= 11 is 0. The summed E-state index contributed by atoms with van der Waals surface area (Å²) in [7, 11) is 0. The van der Waals surface area contributed by atoms with Gasteiger partial charge in [-0.2, -0.15) is 0 Å². The maximum atomic E-state index is 11.6. The van der Waals surface area contributed by atoms with E-state index in [9.17, 15) is 9.59 Å². The van der Waals surface area contributed by atoms with E-state index in [0.717, 1.165) is 0 Å². The molecule has 0 aliphatic carbocycles. The molecule has 0 radical (unpaired) electrons. The normalized spacial score (nSPS) is 11.4. The van der Waals surface area contributed by atoms with E-state index in [2.05, 4.69) is 10.6 Å². The Morgan fingerprint density at radius 3 is 2.50 bits per heavy atom. The van der Waals surface area contributed by atoms with Gasteiger partial charge in [-0.25, -0.2) is 4.79 Å². The average Bonchev–Trinajstić information content (AvgIpc) is 2.32. The van der Waals surface area contributed by atoms with Crippen LogP contribution in [0, 0.1) is 0 Å². The highest BCUT2D eigenvalue weighted by molar-refractivity contribution is 5.96. The summed E-state index contributed by atoms with van der Waals surface area (Å²) in [5, 5.41) is 4.63. The molecular weight excluding hydrogens is 234 g/mol. The lowest BCUT2D eigenvalue weighted by atomic mass is 10.3. The zero-order valence-corrected chi connectivity index (χ0v) is 10.4. The number of rotatable bonds is 4. The molecule has 0 aliphatic heterocycles. The van der Waals surface area contributed by atoms with Crippen LogP contribution in [0.1, 0.15) is 13.8 Å². The number of hydrogen-bond donors (Lipinski definition) is 3. The van der Waals surface area contributed by atoms with Crippen LogP contribution in [0.5, 0.6) is 5.75 Å². The predicted molar refractivity (Wildman–Crippen MR) is 68.2 cm³/mol. The third kappa shape index (κ3) is 4.32. The van der Waals surface area contributed by atoms with Crippen molar-refractivity contribution < 1.29 is 14.3 Å². The second-order valence-electron chi connectivity index (χ2n) is 3.68. The van der Waals surface area contributed by atoms with Gasteiger partial charge in [-0.15, -0.1) is 0 Å². The second kappa shape index (κ2) is 6.48. The molecule has 1 rings (SSSR count). The minimum absolute atomic E-state index is 0.451. The van der Waals surface area contributed by atoms with E-state index in [-0.39, 0.29) is 0 Å². The highest BCUT2D eigenvalue weighted by Crippen LogP contribution is 2.14. The molecule has 0 spiro atoms. The molecule has 6 heteroatoms. The molecule has 0 aliphatic rings. The lowest BCUT2D eigenvalue weighted by molar-refractivity contribution is -0.126. The van der Waals surface area contributed by atoms with Crippen molar-refractivity contribution in [1.29, 1.82) is 0 Å². The first kappa shape index (κ1) is 13.8. The third-order valence-electron chi connectivity index (χ3n) is 2.14. The first-order valence-corrected chi connectivity index (χ1v) is 5.63. The van der Waals surface area contributed by atoms with E-state index in [1.165, 1.54) is 0 Å². The number of urea groups is 1. The average molecular weight is 251 g/mol. The number of nitrogens with one attached hydrogen (secondary N) is 2. The Kier molecular flexibility index (Phi) is 4.98. The summed E-state index contributed by atoms with van der Waals surface area (Å²) in [5.74, 6) is 0.0144. The van der Waals surface area contributed by atoms with Crippen LogP contribution in [0.15, 0.2) is 24.3 Å². The van der Waals surface area contributed by atoms with Crippen LogP contribution in [0.25, 0.3) is 0 Å². The molecule has 0 saturated heterocycles.